The number of benzene rings is 1. The summed E-state index contributed by atoms with van der Waals surface area (Å²) in [6, 6.07) is 4.94. The summed E-state index contributed by atoms with van der Waals surface area (Å²) in [7, 11) is 0. The Morgan fingerprint density at radius 2 is 1.62 bits per heavy atom. The summed E-state index contributed by atoms with van der Waals surface area (Å²) in [5, 5.41) is 18.7. The molecule has 0 spiro atoms. The van der Waals surface area contributed by atoms with Gasteiger partial charge in [0, 0.05) is 18.3 Å². The van der Waals surface area contributed by atoms with E-state index in [9.17, 15) is 24.6 Å². The highest BCUT2D eigenvalue weighted by Gasteiger charge is 2.47. The highest BCUT2D eigenvalue weighted by atomic mass is 16.4. The lowest BCUT2D eigenvalue weighted by atomic mass is 9.81. The minimum atomic E-state index is -1.18. The molecule has 2 N–H and O–H groups in total. The van der Waals surface area contributed by atoms with Gasteiger partial charge in [0.15, 0.2) is 17.6 Å². The number of nitrogens with zero attached hydrogens (tertiary/aromatic N) is 1. The summed E-state index contributed by atoms with van der Waals surface area (Å²) in [6.07, 6.45) is 3.27. The Hall–Kier alpha value is -2.50. The lowest BCUT2D eigenvalue weighted by molar-refractivity contribution is -0.138. The van der Waals surface area contributed by atoms with Crippen LogP contribution in [0.3, 0.4) is 0 Å². The molecule has 3 unspecified atom stereocenters. The molecule has 0 saturated heterocycles. The van der Waals surface area contributed by atoms with Crippen molar-refractivity contribution in [3.05, 3.63) is 29.8 Å². The van der Waals surface area contributed by atoms with E-state index in [0.29, 0.717) is 18.4 Å². The van der Waals surface area contributed by atoms with E-state index in [2.05, 4.69) is 4.99 Å². The average Bonchev–Trinajstić information content (AvgIpc) is 2.81. The summed E-state index contributed by atoms with van der Waals surface area (Å²) >= 11 is 0. The number of carboxylic acids is 1. The van der Waals surface area contributed by atoms with Gasteiger partial charge in [0.05, 0.1) is 0 Å². The first-order chi connectivity index (χ1) is 11.5. The first kappa shape index (κ1) is 16.4. The van der Waals surface area contributed by atoms with Crippen molar-refractivity contribution in [3.63, 3.8) is 0 Å². The molecule has 1 aromatic carbocycles. The zero-order valence-corrected chi connectivity index (χ0v) is 13.1. The Morgan fingerprint density at radius 3 is 2.12 bits per heavy atom. The number of fused-ring (bicyclic) bond motifs is 1. The number of carboxylic acid groups (broad SMARTS) is 1. The summed E-state index contributed by atoms with van der Waals surface area (Å²) in [4.78, 5) is 40.4. The molecule has 0 aromatic heterocycles. The minimum absolute atomic E-state index is 0.0645. The number of hydrogen-bond acceptors (Lipinski definition) is 5. The summed E-state index contributed by atoms with van der Waals surface area (Å²) in [5.41, 5.74) is 0.498. The molecular formula is C18H19NO5. The number of aliphatic imine (C=N–C) groups is 1. The lowest BCUT2D eigenvalue weighted by Gasteiger charge is -2.20. The highest BCUT2D eigenvalue weighted by Crippen LogP contribution is 2.37. The second-order valence-corrected chi connectivity index (χ2v) is 6.43. The van der Waals surface area contributed by atoms with Gasteiger partial charge in [0.1, 0.15) is 11.5 Å². The maximum absolute atomic E-state index is 12.4. The monoisotopic (exact) mass is 329 g/mol. The van der Waals surface area contributed by atoms with Crippen LogP contribution in [0.2, 0.25) is 0 Å². The molecule has 1 aromatic rings. The van der Waals surface area contributed by atoms with Crippen LogP contribution in [0.15, 0.2) is 29.3 Å². The smallest absolute Gasteiger partial charge is 0.328 e. The molecule has 3 rings (SSSR count). The van der Waals surface area contributed by atoms with Gasteiger partial charge in [-0.3, -0.25) is 14.6 Å². The molecule has 0 radical (unpaired) electrons. The molecule has 126 valence electrons. The minimum Gasteiger partial charge on any atom is -0.508 e. The zero-order chi connectivity index (χ0) is 17.3. The molecule has 0 aliphatic heterocycles. The van der Waals surface area contributed by atoms with Crippen molar-refractivity contribution in [2.75, 3.05) is 0 Å². The molecule has 2 fully saturated rings. The van der Waals surface area contributed by atoms with E-state index < -0.39 is 12.0 Å². The largest absolute Gasteiger partial charge is 0.508 e. The van der Waals surface area contributed by atoms with E-state index in [1.807, 2.05) is 0 Å². The molecule has 0 amide bonds. The fourth-order valence-corrected chi connectivity index (χ4v) is 3.56. The number of rotatable bonds is 4. The average molecular weight is 329 g/mol. The molecule has 6 heteroatoms. The van der Waals surface area contributed by atoms with Gasteiger partial charge in [-0.15, -0.1) is 0 Å². The van der Waals surface area contributed by atoms with Gasteiger partial charge >= 0.3 is 5.97 Å². The van der Waals surface area contributed by atoms with E-state index in [4.69, 9.17) is 0 Å². The van der Waals surface area contributed by atoms with Crippen molar-refractivity contribution in [2.24, 2.45) is 16.8 Å². The van der Waals surface area contributed by atoms with Crippen LogP contribution < -0.4 is 0 Å². The van der Waals surface area contributed by atoms with Crippen LogP contribution in [0.4, 0.5) is 0 Å². The van der Waals surface area contributed by atoms with Crippen LogP contribution in [0.25, 0.3) is 0 Å². The molecule has 2 aliphatic carbocycles. The topological polar surface area (TPSA) is 104 Å². The van der Waals surface area contributed by atoms with Crippen molar-refractivity contribution < 1.29 is 24.6 Å². The van der Waals surface area contributed by atoms with E-state index in [1.54, 1.807) is 12.1 Å². The predicted octanol–water partition coefficient (Wildman–Crippen LogP) is 1.79. The van der Waals surface area contributed by atoms with Crippen molar-refractivity contribution in [2.45, 2.75) is 38.1 Å². The van der Waals surface area contributed by atoms with Gasteiger partial charge < -0.3 is 10.2 Å². The SMILES string of the molecule is O=C(O)C(Cc1ccc(O)cc1)N=C1C(=O)C2CCCCC2C1=O. The van der Waals surface area contributed by atoms with Gasteiger partial charge in [0.25, 0.3) is 0 Å². The number of phenolic OH excluding ortho intramolecular Hbond substituents is 1. The quantitative estimate of drug-likeness (QED) is 0.876. The number of ketones is 2. The third-order valence-corrected chi connectivity index (χ3v) is 4.84. The first-order valence-electron chi connectivity index (χ1n) is 8.14. The molecular weight excluding hydrogens is 310 g/mol. The number of Topliss-reactive ketones (excluding diaryl/α,β-unsaturated/α-hetero) is 2. The van der Waals surface area contributed by atoms with Crippen LogP contribution in [0, 0.1) is 11.8 Å². The van der Waals surface area contributed by atoms with Crippen LogP contribution in [0.1, 0.15) is 31.2 Å². The standard InChI is InChI=1S/C18H19NO5/c20-11-7-5-10(6-8-11)9-14(18(23)24)19-15-16(21)12-3-1-2-4-13(12)17(15)22/h5-8,12-14,20H,1-4,9H2,(H,23,24). The summed E-state index contributed by atoms with van der Waals surface area (Å²) in [5.74, 6) is -2.29. The number of carbonyl (C=O) groups is 3. The number of phenols is 1. The molecule has 6 nitrogen and oxygen atoms in total. The molecule has 24 heavy (non-hydrogen) atoms. The van der Waals surface area contributed by atoms with Gasteiger partial charge in [-0.05, 0) is 30.5 Å². The predicted molar refractivity (Wildman–Crippen MR) is 86.1 cm³/mol. The lowest BCUT2D eigenvalue weighted by Crippen LogP contribution is -2.26. The Labute approximate surface area is 139 Å². The van der Waals surface area contributed by atoms with Crippen molar-refractivity contribution >= 4 is 23.2 Å². The highest BCUT2D eigenvalue weighted by molar-refractivity contribution is 6.70. The second kappa shape index (κ2) is 6.55. The van der Waals surface area contributed by atoms with Crippen molar-refractivity contribution in [1.82, 2.24) is 0 Å². The number of aromatic hydroxyl groups is 1. The van der Waals surface area contributed by atoms with Gasteiger partial charge in [-0.25, -0.2) is 4.79 Å². The second-order valence-electron chi connectivity index (χ2n) is 6.43. The molecule has 3 atom stereocenters. The number of hydrogen-bond donors (Lipinski definition) is 2. The van der Waals surface area contributed by atoms with Gasteiger partial charge in [-0.2, -0.15) is 0 Å². The first-order valence-corrected chi connectivity index (χ1v) is 8.14. The molecule has 2 saturated carbocycles. The van der Waals surface area contributed by atoms with Crippen LogP contribution in [0.5, 0.6) is 5.75 Å². The number of carbonyl (C=O) groups excluding carboxylic acids is 2. The molecule has 0 heterocycles. The van der Waals surface area contributed by atoms with E-state index in [1.165, 1.54) is 12.1 Å². The van der Waals surface area contributed by atoms with Crippen molar-refractivity contribution in [3.8, 4) is 5.75 Å². The van der Waals surface area contributed by atoms with Gasteiger partial charge in [0.2, 0.25) is 0 Å². The van der Waals surface area contributed by atoms with Crippen LogP contribution in [-0.2, 0) is 20.8 Å². The normalized spacial score (nSPS) is 24.6. The third kappa shape index (κ3) is 3.09. The Kier molecular flexibility index (Phi) is 4.46. The summed E-state index contributed by atoms with van der Waals surface area (Å²) < 4.78 is 0. The third-order valence-electron chi connectivity index (χ3n) is 4.84. The molecule has 2 aliphatic rings. The molecule has 0 bridgehead atoms. The zero-order valence-electron chi connectivity index (χ0n) is 13.1. The van der Waals surface area contributed by atoms with Crippen LogP contribution >= 0.6 is 0 Å². The summed E-state index contributed by atoms with van der Waals surface area (Å²) in [6.45, 7) is 0. The maximum Gasteiger partial charge on any atom is 0.328 e. The van der Waals surface area contributed by atoms with E-state index >= 15 is 0 Å². The van der Waals surface area contributed by atoms with E-state index in [-0.39, 0.29) is 41.3 Å². The van der Waals surface area contributed by atoms with Gasteiger partial charge in [-0.1, -0.05) is 25.0 Å². The Bertz CT molecular complexity index is 681. The van der Waals surface area contributed by atoms with Crippen LogP contribution in [-0.4, -0.2) is 39.5 Å². The van der Waals surface area contributed by atoms with E-state index in [0.717, 1.165) is 12.8 Å². The Morgan fingerprint density at radius 1 is 1.08 bits per heavy atom. The fourth-order valence-electron chi connectivity index (χ4n) is 3.56. The maximum atomic E-state index is 12.4. The van der Waals surface area contributed by atoms with Crippen molar-refractivity contribution in [1.29, 1.82) is 0 Å². The Balaban J connectivity index is 1.85. The number of aliphatic carboxylic acids is 1. The fraction of sp³-hybridized carbons (Fsp3) is 0.444.